The van der Waals surface area contributed by atoms with Crippen LogP contribution in [0.3, 0.4) is 0 Å². The summed E-state index contributed by atoms with van der Waals surface area (Å²) in [6, 6.07) is 28.1. The number of nitrogens with one attached hydrogen (secondary N) is 1. The number of rotatable bonds is 4. The van der Waals surface area contributed by atoms with Crippen molar-refractivity contribution in [2.75, 3.05) is 33.2 Å². The average molecular weight is 722 g/mol. The molecular formula is C41H42Cl2N6O2. The highest BCUT2D eigenvalue weighted by Crippen LogP contribution is 2.34. The number of carbonyl (C=O) groups is 2. The highest BCUT2D eigenvalue weighted by molar-refractivity contribution is 6.00. The Labute approximate surface area is 312 Å². The molecule has 51 heavy (non-hydrogen) atoms. The fraction of sp³-hybridized carbons (Fsp3) is 0.317. The minimum absolute atomic E-state index is 0. The first-order valence-electron chi connectivity index (χ1n) is 17.1. The van der Waals surface area contributed by atoms with Gasteiger partial charge < -0.3 is 20.0 Å². The van der Waals surface area contributed by atoms with Gasteiger partial charge in [-0.05, 0) is 117 Å². The van der Waals surface area contributed by atoms with E-state index in [1.807, 2.05) is 77.7 Å². The van der Waals surface area contributed by atoms with Crippen LogP contribution in [-0.2, 0) is 13.1 Å². The van der Waals surface area contributed by atoms with Crippen LogP contribution in [-0.4, -0.2) is 71.8 Å². The molecule has 1 N–H and O–H groups in total. The third kappa shape index (κ3) is 7.96. The first kappa shape index (κ1) is 37.6. The van der Waals surface area contributed by atoms with Gasteiger partial charge in [0, 0.05) is 36.3 Å². The number of benzene rings is 4. The Morgan fingerprint density at radius 1 is 0.588 bits per heavy atom. The Balaban J connectivity index is 0.000000190. The van der Waals surface area contributed by atoms with E-state index in [0.717, 1.165) is 103 Å². The molecule has 0 unspecified atom stereocenters. The number of hydrogen-bond acceptors (Lipinski definition) is 4. The van der Waals surface area contributed by atoms with Gasteiger partial charge in [0.25, 0.3) is 11.8 Å². The molecule has 8 rings (SSSR count). The van der Waals surface area contributed by atoms with Crippen molar-refractivity contribution in [1.29, 1.82) is 0 Å². The maximum atomic E-state index is 12.8. The SMILES string of the molecule is Cl.Cl.[C-]#[N+]c1ccc(-c2ccc3c(c2)CN(C2CCN(C)CC2)C3=O)cc1.[C-]#[N+]c1ccc(-c2ccc3c(c2)CN(C2CCNCC2)C3=O)cc1. The maximum absolute atomic E-state index is 12.8. The molecular weight excluding hydrogens is 679 g/mol. The molecule has 0 bridgehead atoms. The number of halogens is 2. The first-order chi connectivity index (χ1) is 23.9. The summed E-state index contributed by atoms with van der Waals surface area (Å²) in [5, 5.41) is 3.36. The van der Waals surface area contributed by atoms with Gasteiger partial charge in [-0.2, -0.15) is 0 Å². The van der Waals surface area contributed by atoms with Crippen LogP contribution < -0.4 is 5.32 Å². The second kappa shape index (κ2) is 16.5. The molecule has 10 heteroatoms. The lowest BCUT2D eigenvalue weighted by atomic mass is 10.0. The first-order valence-corrected chi connectivity index (χ1v) is 17.1. The van der Waals surface area contributed by atoms with Gasteiger partial charge in [0.15, 0.2) is 11.4 Å². The molecule has 2 fully saturated rings. The molecule has 4 aromatic rings. The van der Waals surface area contributed by atoms with Crippen molar-refractivity contribution in [2.45, 2.75) is 50.9 Å². The molecule has 0 radical (unpaired) electrons. The van der Waals surface area contributed by atoms with Crippen LogP contribution in [0.5, 0.6) is 0 Å². The van der Waals surface area contributed by atoms with E-state index in [2.05, 4.69) is 44.0 Å². The second-order valence-corrected chi connectivity index (χ2v) is 13.4. The molecule has 4 aromatic carbocycles. The lowest BCUT2D eigenvalue weighted by Gasteiger charge is -2.34. The summed E-state index contributed by atoms with van der Waals surface area (Å²) in [5.74, 6) is 0.353. The molecule has 0 atom stereocenters. The standard InChI is InChI=1S/C21H21N3O.C20H19N3O.2ClH/c1-22-18-6-3-15(4-7-18)16-5-8-20-17(13-16)14-24(21(20)25)19-9-11-23(2)12-10-19;1-21-17-5-2-14(3-6-17)15-4-7-19-16(12-15)13-23(20(19)24)18-8-10-22-11-9-18;;/h3-8,13,19H,9-12,14H2,2H3;2-7,12,18,22H,8-11,13H2;2*1H. The highest BCUT2D eigenvalue weighted by atomic mass is 35.5. The lowest BCUT2D eigenvalue weighted by Crippen LogP contribution is -2.43. The molecule has 4 aliphatic rings. The Hall–Kier alpha value is -4.70. The average Bonchev–Trinajstić information content (AvgIpc) is 3.67. The Morgan fingerprint density at radius 3 is 1.39 bits per heavy atom. The highest BCUT2D eigenvalue weighted by Gasteiger charge is 2.35. The molecule has 0 saturated carbocycles. The lowest BCUT2D eigenvalue weighted by molar-refractivity contribution is 0.0616. The largest absolute Gasteiger partial charge is 0.331 e. The fourth-order valence-corrected chi connectivity index (χ4v) is 7.52. The topological polar surface area (TPSA) is 64.6 Å². The monoisotopic (exact) mass is 720 g/mol. The number of amides is 2. The number of hydrogen-bond donors (Lipinski definition) is 1. The van der Waals surface area contributed by atoms with Crippen molar-refractivity contribution >= 4 is 48.0 Å². The van der Waals surface area contributed by atoms with Crippen LogP contribution in [0.2, 0.25) is 0 Å². The van der Waals surface area contributed by atoms with E-state index in [9.17, 15) is 9.59 Å². The molecule has 4 heterocycles. The predicted molar refractivity (Wildman–Crippen MR) is 207 cm³/mol. The van der Waals surface area contributed by atoms with Gasteiger partial charge >= 0.3 is 0 Å². The van der Waals surface area contributed by atoms with Crippen molar-refractivity contribution in [3.05, 3.63) is 130 Å². The number of carbonyl (C=O) groups excluding carboxylic acids is 2. The molecule has 8 nitrogen and oxygen atoms in total. The van der Waals surface area contributed by atoms with Gasteiger partial charge in [-0.3, -0.25) is 9.59 Å². The third-order valence-electron chi connectivity index (χ3n) is 10.4. The number of piperidine rings is 2. The van der Waals surface area contributed by atoms with Crippen LogP contribution >= 0.6 is 24.8 Å². The van der Waals surface area contributed by atoms with Gasteiger partial charge in [-0.1, -0.05) is 60.7 Å². The summed E-state index contributed by atoms with van der Waals surface area (Å²) in [6.07, 6.45) is 4.18. The molecule has 2 saturated heterocycles. The minimum atomic E-state index is 0. The number of nitrogens with zero attached hydrogens (tertiary/aromatic N) is 5. The quantitative estimate of drug-likeness (QED) is 0.215. The van der Waals surface area contributed by atoms with Crippen LogP contribution in [0.25, 0.3) is 31.9 Å². The van der Waals surface area contributed by atoms with Crippen molar-refractivity contribution in [3.8, 4) is 22.3 Å². The van der Waals surface area contributed by atoms with Crippen molar-refractivity contribution in [2.24, 2.45) is 0 Å². The van der Waals surface area contributed by atoms with Crippen LogP contribution in [0.1, 0.15) is 57.5 Å². The van der Waals surface area contributed by atoms with E-state index < -0.39 is 0 Å². The normalized spacial score (nSPS) is 17.2. The Kier molecular flexibility index (Phi) is 12.2. The molecule has 4 aliphatic heterocycles. The zero-order chi connectivity index (χ0) is 33.9. The van der Waals surface area contributed by atoms with Gasteiger partial charge in [-0.25, -0.2) is 9.69 Å². The van der Waals surface area contributed by atoms with Crippen molar-refractivity contribution in [1.82, 2.24) is 20.0 Å². The van der Waals surface area contributed by atoms with Crippen LogP contribution in [0, 0.1) is 13.1 Å². The fourth-order valence-electron chi connectivity index (χ4n) is 7.52. The Bertz CT molecular complexity index is 1950. The van der Waals surface area contributed by atoms with Gasteiger partial charge in [-0.15, -0.1) is 24.8 Å². The molecule has 0 aliphatic carbocycles. The van der Waals surface area contributed by atoms with E-state index in [1.54, 1.807) is 0 Å². The van der Waals surface area contributed by atoms with E-state index >= 15 is 0 Å². The minimum Gasteiger partial charge on any atom is -0.331 e. The predicted octanol–water partition coefficient (Wildman–Crippen LogP) is 8.41. The van der Waals surface area contributed by atoms with E-state index in [-0.39, 0.29) is 36.6 Å². The third-order valence-corrected chi connectivity index (χ3v) is 10.4. The Morgan fingerprint density at radius 2 is 0.980 bits per heavy atom. The van der Waals surface area contributed by atoms with Gasteiger partial charge in [0.05, 0.1) is 13.1 Å². The van der Waals surface area contributed by atoms with E-state index in [0.29, 0.717) is 30.0 Å². The zero-order valence-corrected chi connectivity index (χ0v) is 30.3. The molecule has 0 spiro atoms. The van der Waals surface area contributed by atoms with E-state index in [1.165, 1.54) is 0 Å². The summed E-state index contributed by atoms with van der Waals surface area (Å²) in [4.78, 5) is 38.8. The maximum Gasteiger partial charge on any atom is 0.254 e. The summed E-state index contributed by atoms with van der Waals surface area (Å²) in [6.45, 7) is 19.6. The molecule has 2 amide bonds. The summed E-state index contributed by atoms with van der Waals surface area (Å²) >= 11 is 0. The molecule has 0 aromatic heterocycles. The second-order valence-electron chi connectivity index (χ2n) is 13.4. The molecule has 262 valence electrons. The number of fused-ring (bicyclic) bond motifs is 2. The zero-order valence-electron chi connectivity index (χ0n) is 28.7. The van der Waals surface area contributed by atoms with Gasteiger partial charge in [0.2, 0.25) is 0 Å². The number of likely N-dealkylation sites (tertiary alicyclic amines) is 1. The summed E-state index contributed by atoms with van der Waals surface area (Å²) < 4.78 is 0. The van der Waals surface area contributed by atoms with Crippen molar-refractivity contribution in [3.63, 3.8) is 0 Å². The smallest absolute Gasteiger partial charge is 0.254 e. The van der Waals surface area contributed by atoms with E-state index in [4.69, 9.17) is 13.1 Å². The summed E-state index contributed by atoms with van der Waals surface area (Å²) in [5.41, 5.74) is 9.59. The van der Waals surface area contributed by atoms with Crippen LogP contribution in [0.4, 0.5) is 11.4 Å². The van der Waals surface area contributed by atoms with Crippen molar-refractivity contribution < 1.29 is 9.59 Å². The van der Waals surface area contributed by atoms with Crippen LogP contribution in [0.15, 0.2) is 84.9 Å². The summed E-state index contributed by atoms with van der Waals surface area (Å²) in [7, 11) is 2.14. The van der Waals surface area contributed by atoms with Gasteiger partial charge in [0.1, 0.15) is 0 Å².